The fourth-order valence-corrected chi connectivity index (χ4v) is 8.62. The lowest BCUT2D eigenvalue weighted by Crippen LogP contribution is -2.42. The van der Waals surface area contributed by atoms with Crippen molar-refractivity contribution in [3.8, 4) is 27.2 Å². The largest absolute Gasteiger partial charge is 0.369 e. The third-order valence-electron chi connectivity index (χ3n) is 8.11. The molecule has 0 spiro atoms. The first-order valence-corrected chi connectivity index (χ1v) is 17.0. The predicted octanol–water partition coefficient (Wildman–Crippen LogP) is 4.92. The van der Waals surface area contributed by atoms with Crippen molar-refractivity contribution in [1.82, 2.24) is 15.3 Å². The standard InChI is InChI=1S/C28H31N5O3S3/c1-18-30-23(16-37-18)27-31-24(21-4-2-3-5-22(21)26(34)32-28(17-29)10-11-28)25(38-27)19-6-8-20(9-7-19)33-12-14-39(35,36)15-13-33/h6-9,16,21-22H,2-5,10-15H2,1H3,(H,32,34). The highest BCUT2D eigenvalue weighted by Gasteiger charge is 2.47. The van der Waals surface area contributed by atoms with Crippen LogP contribution in [0.15, 0.2) is 29.6 Å². The van der Waals surface area contributed by atoms with Crippen LogP contribution in [0.2, 0.25) is 0 Å². The zero-order valence-corrected chi connectivity index (χ0v) is 24.3. The van der Waals surface area contributed by atoms with Gasteiger partial charge in [-0.25, -0.2) is 18.4 Å². The predicted molar refractivity (Wildman–Crippen MR) is 155 cm³/mol. The number of hydrogen-bond donors (Lipinski definition) is 1. The third-order valence-corrected chi connectivity index (χ3v) is 11.6. The zero-order chi connectivity index (χ0) is 27.2. The SMILES string of the molecule is Cc1nc(-c2nc(C3CCCCC3C(=O)NC3(C#N)CC3)c(-c3ccc(N4CCS(=O)(=O)CC4)cc3)s2)cs1. The van der Waals surface area contributed by atoms with Gasteiger partial charge in [0.1, 0.15) is 16.2 Å². The van der Waals surface area contributed by atoms with Crippen molar-refractivity contribution in [3.05, 3.63) is 40.3 Å². The molecule has 2 saturated carbocycles. The van der Waals surface area contributed by atoms with E-state index in [1.54, 1.807) is 22.7 Å². The van der Waals surface area contributed by atoms with Crippen LogP contribution in [0.1, 0.15) is 55.1 Å². The Morgan fingerprint density at radius 1 is 1.13 bits per heavy atom. The van der Waals surface area contributed by atoms with E-state index in [4.69, 9.17) is 4.98 Å². The molecule has 1 aliphatic heterocycles. The van der Waals surface area contributed by atoms with Gasteiger partial charge in [0.25, 0.3) is 0 Å². The molecule has 0 radical (unpaired) electrons. The van der Waals surface area contributed by atoms with Gasteiger partial charge in [-0.2, -0.15) is 5.26 Å². The van der Waals surface area contributed by atoms with Gasteiger partial charge in [0.05, 0.1) is 33.2 Å². The zero-order valence-electron chi connectivity index (χ0n) is 21.9. The lowest BCUT2D eigenvalue weighted by atomic mass is 9.76. The summed E-state index contributed by atoms with van der Waals surface area (Å²) in [6, 6.07) is 10.6. The molecule has 2 aromatic heterocycles. The summed E-state index contributed by atoms with van der Waals surface area (Å²) in [5.41, 5.74) is 3.17. The third kappa shape index (κ3) is 5.47. The van der Waals surface area contributed by atoms with E-state index in [2.05, 4.69) is 45.5 Å². The summed E-state index contributed by atoms with van der Waals surface area (Å²) in [4.78, 5) is 26.4. The van der Waals surface area contributed by atoms with Gasteiger partial charge < -0.3 is 10.2 Å². The van der Waals surface area contributed by atoms with Crippen molar-refractivity contribution in [3.63, 3.8) is 0 Å². The van der Waals surface area contributed by atoms with Gasteiger partial charge >= 0.3 is 0 Å². The number of nitriles is 1. The molecule has 1 aromatic carbocycles. The molecule has 39 heavy (non-hydrogen) atoms. The van der Waals surface area contributed by atoms with Crippen molar-refractivity contribution < 1.29 is 13.2 Å². The summed E-state index contributed by atoms with van der Waals surface area (Å²) in [7, 11) is -2.94. The Morgan fingerprint density at radius 2 is 1.85 bits per heavy atom. The van der Waals surface area contributed by atoms with Gasteiger partial charge in [0.2, 0.25) is 5.91 Å². The molecular formula is C28H31N5O3S3. The first-order chi connectivity index (χ1) is 18.8. The Morgan fingerprint density at radius 3 is 2.49 bits per heavy atom. The molecule has 2 aliphatic carbocycles. The summed E-state index contributed by atoms with van der Waals surface area (Å²) >= 11 is 3.21. The Balaban J connectivity index is 1.34. The average molecular weight is 582 g/mol. The van der Waals surface area contributed by atoms with Gasteiger partial charge in [-0.3, -0.25) is 4.79 Å². The first-order valence-electron chi connectivity index (χ1n) is 13.5. The smallest absolute Gasteiger partial charge is 0.225 e. The Kier molecular flexibility index (Phi) is 6.98. The second-order valence-electron chi connectivity index (χ2n) is 10.9. The fraction of sp³-hybridized carbons (Fsp3) is 0.500. The second-order valence-corrected chi connectivity index (χ2v) is 15.2. The van der Waals surface area contributed by atoms with E-state index in [0.717, 1.165) is 76.1 Å². The summed E-state index contributed by atoms with van der Waals surface area (Å²) in [5.74, 6) is 0.0919. The van der Waals surface area contributed by atoms with Crippen LogP contribution in [0, 0.1) is 24.2 Å². The number of benzene rings is 1. The molecule has 3 aromatic rings. The van der Waals surface area contributed by atoms with Crippen LogP contribution < -0.4 is 10.2 Å². The normalized spacial score (nSPS) is 23.6. The molecule has 0 bridgehead atoms. The number of nitrogens with zero attached hydrogens (tertiary/aromatic N) is 4. The highest BCUT2D eigenvalue weighted by molar-refractivity contribution is 7.91. The monoisotopic (exact) mass is 581 g/mol. The molecule has 1 N–H and O–H groups in total. The summed E-state index contributed by atoms with van der Waals surface area (Å²) < 4.78 is 23.7. The molecule has 2 unspecified atom stereocenters. The molecule has 3 aliphatic rings. The lowest BCUT2D eigenvalue weighted by Gasteiger charge is -2.31. The van der Waals surface area contributed by atoms with Crippen LogP contribution in [0.5, 0.6) is 0 Å². The van der Waals surface area contributed by atoms with E-state index >= 15 is 0 Å². The number of carbonyl (C=O) groups excluding carboxylic acids is 1. The summed E-state index contributed by atoms with van der Waals surface area (Å²) in [6.45, 7) is 2.99. The maximum atomic E-state index is 13.4. The van der Waals surface area contributed by atoms with Crippen LogP contribution in [0.25, 0.3) is 21.1 Å². The highest BCUT2D eigenvalue weighted by atomic mass is 32.2. The quantitative estimate of drug-likeness (QED) is 0.439. The molecule has 3 heterocycles. The van der Waals surface area contributed by atoms with Crippen molar-refractivity contribution in [2.75, 3.05) is 29.5 Å². The number of amides is 1. The molecular weight excluding hydrogens is 551 g/mol. The minimum atomic E-state index is -2.94. The summed E-state index contributed by atoms with van der Waals surface area (Å²) in [6.07, 6.45) is 5.14. The molecule has 8 nitrogen and oxygen atoms in total. The maximum Gasteiger partial charge on any atom is 0.225 e. The van der Waals surface area contributed by atoms with Gasteiger partial charge in [-0.1, -0.05) is 25.0 Å². The van der Waals surface area contributed by atoms with Crippen LogP contribution in [0.3, 0.4) is 0 Å². The molecule has 6 rings (SSSR count). The topological polar surface area (TPSA) is 116 Å². The minimum absolute atomic E-state index is 0.0278. The van der Waals surface area contributed by atoms with Crippen LogP contribution in [0.4, 0.5) is 5.69 Å². The molecule has 2 atom stereocenters. The number of aromatic nitrogens is 2. The maximum absolute atomic E-state index is 13.4. The van der Waals surface area contributed by atoms with E-state index in [1.165, 1.54) is 0 Å². The van der Waals surface area contributed by atoms with Crippen molar-refractivity contribution in [2.45, 2.75) is 56.9 Å². The van der Waals surface area contributed by atoms with Crippen LogP contribution >= 0.6 is 22.7 Å². The van der Waals surface area contributed by atoms with E-state index in [0.29, 0.717) is 13.1 Å². The Hall–Kier alpha value is -2.81. The van der Waals surface area contributed by atoms with Gasteiger partial charge in [-0.05, 0) is 50.3 Å². The number of thiazole rings is 2. The highest BCUT2D eigenvalue weighted by Crippen LogP contribution is 2.46. The fourth-order valence-electron chi connectivity index (χ4n) is 5.65. The van der Waals surface area contributed by atoms with E-state index in [1.807, 2.05) is 12.3 Å². The minimum Gasteiger partial charge on any atom is -0.369 e. The Bertz CT molecular complexity index is 1520. The van der Waals surface area contributed by atoms with Gasteiger partial charge in [-0.15, -0.1) is 22.7 Å². The number of anilines is 1. The van der Waals surface area contributed by atoms with E-state index < -0.39 is 15.4 Å². The number of sulfone groups is 1. The first kappa shape index (κ1) is 26.4. The molecule has 11 heteroatoms. The molecule has 3 fully saturated rings. The lowest BCUT2D eigenvalue weighted by molar-refractivity contribution is -0.127. The van der Waals surface area contributed by atoms with Crippen molar-refractivity contribution in [1.29, 1.82) is 5.26 Å². The van der Waals surface area contributed by atoms with Gasteiger partial charge in [0, 0.05) is 36.0 Å². The number of aryl methyl sites for hydroxylation is 1. The van der Waals surface area contributed by atoms with Crippen molar-refractivity contribution in [2.24, 2.45) is 5.92 Å². The second kappa shape index (κ2) is 10.3. The van der Waals surface area contributed by atoms with Gasteiger partial charge in [0.15, 0.2) is 9.84 Å². The number of hydrogen-bond acceptors (Lipinski definition) is 9. The van der Waals surface area contributed by atoms with Crippen molar-refractivity contribution >= 4 is 44.1 Å². The van der Waals surface area contributed by atoms with Crippen LogP contribution in [-0.4, -0.2) is 54.4 Å². The molecule has 204 valence electrons. The Labute approximate surface area is 237 Å². The van der Waals surface area contributed by atoms with Crippen LogP contribution in [-0.2, 0) is 14.6 Å². The molecule has 1 amide bonds. The van der Waals surface area contributed by atoms with E-state index in [9.17, 15) is 18.5 Å². The number of carbonyl (C=O) groups is 1. The molecule has 1 saturated heterocycles. The number of nitrogens with one attached hydrogen (secondary N) is 1. The average Bonchev–Trinajstić information content (AvgIpc) is 3.35. The number of rotatable bonds is 6. The summed E-state index contributed by atoms with van der Waals surface area (Å²) in [5, 5.41) is 16.5. The van der Waals surface area contributed by atoms with E-state index in [-0.39, 0.29) is 29.2 Å².